The van der Waals surface area contributed by atoms with E-state index in [1.807, 2.05) is 0 Å². The molecule has 1 fully saturated rings. The Bertz CT molecular complexity index is 281. The summed E-state index contributed by atoms with van der Waals surface area (Å²) in [6, 6.07) is 0. The van der Waals surface area contributed by atoms with Crippen molar-refractivity contribution < 1.29 is 9.13 Å². The molecule has 0 aliphatic carbocycles. The van der Waals surface area contributed by atoms with Crippen LogP contribution in [0.5, 0.6) is 0 Å². The van der Waals surface area contributed by atoms with Gasteiger partial charge < -0.3 is 10.1 Å². The first-order valence-corrected chi connectivity index (χ1v) is 3.47. The Hall–Kier alpha value is -1.45. The first kappa shape index (κ1) is 8.64. The molecule has 0 aromatic carbocycles. The average Bonchev–Trinajstić information content (AvgIpc) is 1.98. The highest BCUT2D eigenvalue weighted by molar-refractivity contribution is 6.46. The standard InChI is InChI=1S/C8H9FN2O/c1-5(9)4-7-8(11)6(10)2-3-12-7/h4,10-11H,1-3H2/b7-4+,10-6?,11-8?. The van der Waals surface area contributed by atoms with Gasteiger partial charge in [-0.1, -0.05) is 6.58 Å². The molecule has 0 aromatic rings. The van der Waals surface area contributed by atoms with E-state index < -0.39 is 5.83 Å². The maximum Gasteiger partial charge on any atom is 0.148 e. The van der Waals surface area contributed by atoms with E-state index in [0.29, 0.717) is 13.0 Å². The van der Waals surface area contributed by atoms with Gasteiger partial charge in [0.1, 0.15) is 17.3 Å². The van der Waals surface area contributed by atoms with E-state index in [9.17, 15) is 4.39 Å². The van der Waals surface area contributed by atoms with E-state index in [4.69, 9.17) is 15.6 Å². The highest BCUT2D eigenvalue weighted by Gasteiger charge is 2.18. The van der Waals surface area contributed by atoms with Crippen molar-refractivity contribution in [1.29, 1.82) is 10.8 Å². The Labute approximate surface area is 69.6 Å². The zero-order chi connectivity index (χ0) is 9.14. The van der Waals surface area contributed by atoms with Gasteiger partial charge in [-0.15, -0.1) is 0 Å². The Morgan fingerprint density at radius 3 is 2.83 bits per heavy atom. The fraction of sp³-hybridized carbons (Fsp3) is 0.250. The van der Waals surface area contributed by atoms with Crippen molar-refractivity contribution >= 4 is 11.4 Å². The van der Waals surface area contributed by atoms with Gasteiger partial charge in [-0.25, -0.2) is 4.39 Å². The molecule has 0 atom stereocenters. The number of hydrogen-bond donors (Lipinski definition) is 2. The summed E-state index contributed by atoms with van der Waals surface area (Å²) in [4.78, 5) is 0. The second-order valence-corrected chi connectivity index (χ2v) is 2.41. The van der Waals surface area contributed by atoms with Crippen molar-refractivity contribution in [3.63, 3.8) is 0 Å². The minimum Gasteiger partial charge on any atom is -0.491 e. The van der Waals surface area contributed by atoms with Crippen LogP contribution in [0.2, 0.25) is 0 Å². The van der Waals surface area contributed by atoms with E-state index in [1.54, 1.807) is 0 Å². The van der Waals surface area contributed by atoms with Crippen molar-refractivity contribution in [3.8, 4) is 0 Å². The van der Waals surface area contributed by atoms with E-state index in [1.165, 1.54) is 0 Å². The van der Waals surface area contributed by atoms with Gasteiger partial charge in [-0.05, 0) is 0 Å². The Morgan fingerprint density at radius 1 is 1.58 bits per heavy atom. The zero-order valence-electron chi connectivity index (χ0n) is 6.48. The molecule has 0 saturated carbocycles. The molecule has 0 unspecified atom stereocenters. The van der Waals surface area contributed by atoms with Crippen molar-refractivity contribution in [1.82, 2.24) is 0 Å². The van der Waals surface area contributed by atoms with Crippen LogP contribution >= 0.6 is 0 Å². The van der Waals surface area contributed by atoms with E-state index >= 15 is 0 Å². The van der Waals surface area contributed by atoms with E-state index in [0.717, 1.165) is 6.08 Å². The fourth-order valence-corrected chi connectivity index (χ4v) is 0.865. The highest BCUT2D eigenvalue weighted by atomic mass is 19.1. The summed E-state index contributed by atoms with van der Waals surface area (Å²) in [5.74, 6) is -0.566. The SMILES string of the molecule is C=C(F)/C=C1/OCCC(=N)C1=N. The van der Waals surface area contributed by atoms with Gasteiger partial charge in [0.05, 0.1) is 12.3 Å². The molecule has 1 aliphatic rings. The van der Waals surface area contributed by atoms with Crippen LogP contribution < -0.4 is 0 Å². The summed E-state index contributed by atoms with van der Waals surface area (Å²) in [6.45, 7) is 3.35. The molecule has 1 heterocycles. The summed E-state index contributed by atoms with van der Waals surface area (Å²) in [6.07, 6.45) is 1.44. The summed E-state index contributed by atoms with van der Waals surface area (Å²) < 4.78 is 17.2. The van der Waals surface area contributed by atoms with Crippen LogP contribution in [0.25, 0.3) is 0 Å². The normalized spacial score (nSPS) is 20.9. The molecule has 0 bridgehead atoms. The number of hydrogen-bond acceptors (Lipinski definition) is 3. The lowest BCUT2D eigenvalue weighted by Gasteiger charge is -2.17. The minimum absolute atomic E-state index is 0.0555. The van der Waals surface area contributed by atoms with Crippen molar-refractivity contribution in [2.75, 3.05) is 6.61 Å². The summed E-state index contributed by atoms with van der Waals surface area (Å²) in [5.41, 5.74) is 0.119. The van der Waals surface area contributed by atoms with Crippen LogP contribution in [0.4, 0.5) is 4.39 Å². The second kappa shape index (κ2) is 3.30. The Morgan fingerprint density at radius 2 is 2.25 bits per heavy atom. The maximum absolute atomic E-state index is 12.3. The molecular formula is C8H9FN2O. The van der Waals surface area contributed by atoms with Gasteiger partial charge in [0.25, 0.3) is 0 Å². The van der Waals surface area contributed by atoms with Gasteiger partial charge >= 0.3 is 0 Å². The van der Waals surface area contributed by atoms with Gasteiger partial charge in [-0.3, -0.25) is 5.41 Å². The van der Waals surface area contributed by atoms with Crippen molar-refractivity contribution in [2.24, 2.45) is 0 Å². The lowest BCUT2D eigenvalue weighted by Crippen LogP contribution is -2.24. The third-order valence-electron chi connectivity index (χ3n) is 1.45. The molecule has 1 rings (SSSR count). The first-order chi connectivity index (χ1) is 5.61. The van der Waals surface area contributed by atoms with Gasteiger partial charge in [0.15, 0.2) is 0 Å². The van der Waals surface area contributed by atoms with E-state index in [2.05, 4.69) is 6.58 Å². The second-order valence-electron chi connectivity index (χ2n) is 2.41. The molecule has 0 aromatic heterocycles. The minimum atomic E-state index is -0.663. The smallest absolute Gasteiger partial charge is 0.148 e. The summed E-state index contributed by atoms with van der Waals surface area (Å²) >= 11 is 0. The van der Waals surface area contributed by atoms with Crippen LogP contribution in [0.15, 0.2) is 24.2 Å². The molecule has 12 heavy (non-hydrogen) atoms. The first-order valence-electron chi connectivity index (χ1n) is 3.47. The molecule has 0 amide bonds. The summed E-state index contributed by atoms with van der Waals surface area (Å²) in [7, 11) is 0. The predicted octanol–water partition coefficient (Wildman–Crippen LogP) is 1.81. The van der Waals surface area contributed by atoms with Gasteiger partial charge in [0.2, 0.25) is 0 Å². The number of allylic oxidation sites excluding steroid dienone is 3. The molecule has 3 nitrogen and oxygen atoms in total. The molecular weight excluding hydrogens is 159 g/mol. The number of nitrogens with one attached hydrogen (secondary N) is 2. The molecule has 1 saturated heterocycles. The lowest BCUT2D eigenvalue weighted by atomic mass is 10.1. The molecule has 0 spiro atoms. The zero-order valence-corrected chi connectivity index (χ0v) is 6.48. The van der Waals surface area contributed by atoms with E-state index in [-0.39, 0.29) is 17.2 Å². The average molecular weight is 168 g/mol. The largest absolute Gasteiger partial charge is 0.491 e. The summed E-state index contributed by atoms with van der Waals surface area (Å²) in [5, 5.41) is 14.6. The Kier molecular flexibility index (Phi) is 2.38. The monoisotopic (exact) mass is 168 g/mol. The van der Waals surface area contributed by atoms with Crippen LogP contribution in [-0.4, -0.2) is 18.0 Å². The van der Waals surface area contributed by atoms with Crippen molar-refractivity contribution in [3.05, 3.63) is 24.2 Å². The molecule has 4 heteroatoms. The number of halogens is 1. The Balaban J connectivity index is 2.84. The number of rotatable bonds is 1. The molecule has 2 N–H and O–H groups in total. The lowest BCUT2D eigenvalue weighted by molar-refractivity contribution is 0.234. The topological polar surface area (TPSA) is 56.9 Å². The quantitative estimate of drug-likeness (QED) is 0.616. The van der Waals surface area contributed by atoms with Crippen molar-refractivity contribution in [2.45, 2.75) is 6.42 Å². The van der Waals surface area contributed by atoms with Gasteiger partial charge in [0, 0.05) is 12.5 Å². The third-order valence-corrected chi connectivity index (χ3v) is 1.45. The molecule has 64 valence electrons. The van der Waals surface area contributed by atoms with Gasteiger partial charge in [-0.2, -0.15) is 0 Å². The van der Waals surface area contributed by atoms with Crippen LogP contribution in [-0.2, 0) is 4.74 Å². The molecule has 0 radical (unpaired) electrons. The van der Waals surface area contributed by atoms with Crippen LogP contribution in [0, 0.1) is 10.8 Å². The maximum atomic E-state index is 12.3. The predicted molar refractivity (Wildman–Crippen MR) is 44.4 cm³/mol. The highest BCUT2D eigenvalue weighted by Crippen LogP contribution is 2.12. The fourth-order valence-electron chi connectivity index (χ4n) is 0.865. The molecule has 1 aliphatic heterocycles. The third kappa shape index (κ3) is 1.78. The van der Waals surface area contributed by atoms with Crippen LogP contribution in [0.1, 0.15) is 6.42 Å². The number of ether oxygens (including phenoxy) is 1. The van der Waals surface area contributed by atoms with Crippen LogP contribution in [0.3, 0.4) is 0 Å².